The van der Waals surface area contributed by atoms with Gasteiger partial charge in [0.15, 0.2) is 11.6 Å². The van der Waals surface area contributed by atoms with E-state index in [1.807, 2.05) is 6.08 Å². The summed E-state index contributed by atoms with van der Waals surface area (Å²) >= 11 is 0. The number of halogens is 2. The summed E-state index contributed by atoms with van der Waals surface area (Å²) in [5.41, 5.74) is 0.944. The molecule has 2 rings (SSSR count). The summed E-state index contributed by atoms with van der Waals surface area (Å²) < 4.78 is 26.1. The van der Waals surface area contributed by atoms with Crippen LogP contribution in [0.2, 0.25) is 0 Å². The first-order valence-corrected chi connectivity index (χ1v) is 6.93. The third kappa shape index (κ3) is 3.76. The van der Waals surface area contributed by atoms with Crippen molar-refractivity contribution < 1.29 is 8.78 Å². The highest BCUT2D eigenvalue weighted by Gasteiger charge is 2.22. The molecule has 102 valence electrons. The summed E-state index contributed by atoms with van der Waals surface area (Å²) in [5, 5.41) is 0. The van der Waals surface area contributed by atoms with E-state index in [1.54, 1.807) is 12.1 Å². The molecule has 0 heterocycles. The van der Waals surface area contributed by atoms with Crippen LogP contribution in [-0.2, 0) is 0 Å². The van der Waals surface area contributed by atoms with Gasteiger partial charge in [-0.25, -0.2) is 8.78 Å². The second-order valence-electron chi connectivity index (χ2n) is 5.29. The lowest BCUT2D eigenvalue weighted by molar-refractivity contribution is 0.327. The first-order chi connectivity index (χ1) is 9.20. The summed E-state index contributed by atoms with van der Waals surface area (Å²) in [7, 11) is 0. The van der Waals surface area contributed by atoms with E-state index in [1.165, 1.54) is 12.1 Å². The van der Waals surface area contributed by atoms with Crippen molar-refractivity contribution in [1.82, 2.24) is 0 Å². The summed E-state index contributed by atoms with van der Waals surface area (Å²) in [4.78, 5) is 0. The van der Waals surface area contributed by atoms with E-state index >= 15 is 0 Å². The highest BCUT2D eigenvalue weighted by molar-refractivity contribution is 5.22. The average Bonchev–Trinajstić information content (AvgIpc) is 2.43. The molecule has 0 atom stereocenters. The van der Waals surface area contributed by atoms with E-state index in [0.717, 1.165) is 43.6 Å². The molecule has 0 N–H and O–H groups in total. The Labute approximate surface area is 113 Å². The lowest BCUT2D eigenvalue weighted by atomic mass is 9.77. The van der Waals surface area contributed by atoms with Crippen molar-refractivity contribution in [1.29, 1.82) is 0 Å². The molecule has 0 bridgehead atoms. The maximum absolute atomic E-state index is 13.2. The van der Waals surface area contributed by atoms with Gasteiger partial charge in [0, 0.05) is 0 Å². The molecular weight excluding hydrogens is 242 g/mol. The van der Waals surface area contributed by atoms with Gasteiger partial charge < -0.3 is 0 Å². The second kappa shape index (κ2) is 6.65. The van der Waals surface area contributed by atoms with Crippen molar-refractivity contribution in [2.75, 3.05) is 0 Å². The summed E-state index contributed by atoms with van der Waals surface area (Å²) in [6, 6.07) is 4.32. The molecule has 0 amide bonds. The SMILES string of the molecule is C=C/C=C\CC1CCC(c2ccc(F)c(F)c2)CC1. The van der Waals surface area contributed by atoms with Gasteiger partial charge in [-0.15, -0.1) is 0 Å². The van der Waals surface area contributed by atoms with Crippen LogP contribution in [0.4, 0.5) is 8.78 Å². The minimum absolute atomic E-state index is 0.384. The topological polar surface area (TPSA) is 0 Å². The Morgan fingerprint density at radius 2 is 1.84 bits per heavy atom. The fourth-order valence-corrected chi connectivity index (χ4v) is 2.87. The van der Waals surface area contributed by atoms with Gasteiger partial charge >= 0.3 is 0 Å². The third-order valence-electron chi connectivity index (χ3n) is 4.00. The lowest BCUT2D eigenvalue weighted by Gasteiger charge is -2.28. The molecular formula is C17H20F2. The molecule has 1 aliphatic carbocycles. The van der Waals surface area contributed by atoms with Crippen LogP contribution in [0.3, 0.4) is 0 Å². The maximum Gasteiger partial charge on any atom is 0.159 e. The van der Waals surface area contributed by atoms with Gasteiger partial charge in [-0.3, -0.25) is 0 Å². The second-order valence-corrected chi connectivity index (χ2v) is 5.29. The molecule has 1 aromatic carbocycles. The van der Waals surface area contributed by atoms with Crippen LogP contribution in [0, 0.1) is 17.6 Å². The number of benzene rings is 1. The van der Waals surface area contributed by atoms with E-state index in [-0.39, 0.29) is 0 Å². The molecule has 1 aliphatic rings. The Morgan fingerprint density at radius 1 is 1.11 bits per heavy atom. The summed E-state index contributed by atoms with van der Waals surface area (Å²) in [5.74, 6) is -0.381. The molecule has 0 aliphatic heterocycles. The molecule has 0 aromatic heterocycles. The van der Waals surface area contributed by atoms with E-state index < -0.39 is 11.6 Å². The minimum atomic E-state index is -0.757. The first kappa shape index (κ1) is 14.0. The van der Waals surface area contributed by atoms with Crippen LogP contribution in [0.1, 0.15) is 43.6 Å². The van der Waals surface area contributed by atoms with E-state index in [0.29, 0.717) is 5.92 Å². The number of allylic oxidation sites excluding steroid dienone is 3. The van der Waals surface area contributed by atoms with E-state index in [4.69, 9.17) is 0 Å². The van der Waals surface area contributed by atoms with Crippen molar-refractivity contribution in [3.05, 3.63) is 60.2 Å². The highest BCUT2D eigenvalue weighted by atomic mass is 19.2. The zero-order valence-corrected chi connectivity index (χ0v) is 11.1. The monoisotopic (exact) mass is 262 g/mol. The van der Waals surface area contributed by atoms with Gasteiger partial charge in [-0.1, -0.05) is 30.9 Å². The predicted molar refractivity (Wildman–Crippen MR) is 75.0 cm³/mol. The Bertz CT molecular complexity index is 454. The van der Waals surface area contributed by atoms with Crippen molar-refractivity contribution in [2.45, 2.75) is 38.0 Å². The predicted octanol–water partition coefficient (Wildman–Crippen LogP) is 5.37. The first-order valence-electron chi connectivity index (χ1n) is 6.93. The van der Waals surface area contributed by atoms with Gasteiger partial charge in [0.1, 0.15) is 0 Å². The molecule has 1 fully saturated rings. The van der Waals surface area contributed by atoms with Crippen molar-refractivity contribution in [2.24, 2.45) is 5.92 Å². The van der Waals surface area contributed by atoms with Crippen LogP contribution >= 0.6 is 0 Å². The van der Waals surface area contributed by atoms with Crippen LogP contribution in [-0.4, -0.2) is 0 Å². The lowest BCUT2D eigenvalue weighted by Crippen LogP contribution is -2.13. The number of hydrogen-bond acceptors (Lipinski definition) is 0. The minimum Gasteiger partial charge on any atom is -0.204 e. The molecule has 1 aromatic rings. The fraction of sp³-hybridized carbons (Fsp3) is 0.412. The van der Waals surface area contributed by atoms with E-state index in [2.05, 4.69) is 12.7 Å². The number of hydrogen-bond donors (Lipinski definition) is 0. The third-order valence-corrected chi connectivity index (χ3v) is 4.00. The van der Waals surface area contributed by atoms with Gasteiger partial charge in [-0.2, -0.15) is 0 Å². The molecule has 0 nitrogen and oxygen atoms in total. The zero-order valence-electron chi connectivity index (χ0n) is 11.1. The van der Waals surface area contributed by atoms with Crippen LogP contribution in [0.5, 0.6) is 0 Å². The Balaban J connectivity index is 1.90. The highest BCUT2D eigenvalue weighted by Crippen LogP contribution is 2.37. The Morgan fingerprint density at radius 3 is 2.47 bits per heavy atom. The molecule has 0 radical (unpaired) electrons. The molecule has 19 heavy (non-hydrogen) atoms. The van der Waals surface area contributed by atoms with Crippen molar-refractivity contribution in [3.8, 4) is 0 Å². The van der Waals surface area contributed by atoms with Gasteiger partial charge in [0.2, 0.25) is 0 Å². The smallest absolute Gasteiger partial charge is 0.159 e. The molecule has 0 spiro atoms. The molecule has 2 heteroatoms. The quantitative estimate of drug-likeness (QED) is 0.640. The van der Waals surface area contributed by atoms with Crippen molar-refractivity contribution >= 4 is 0 Å². The normalized spacial score (nSPS) is 23.7. The van der Waals surface area contributed by atoms with Gasteiger partial charge in [-0.05, 0) is 61.6 Å². The largest absolute Gasteiger partial charge is 0.204 e. The Hall–Kier alpha value is -1.44. The average molecular weight is 262 g/mol. The molecule has 1 saturated carbocycles. The van der Waals surface area contributed by atoms with E-state index in [9.17, 15) is 8.78 Å². The maximum atomic E-state index is 13.2. The van der Waals surface area contributed by atoms with Gasteiger partial charge in [0.05, 0.1) is 0 Å². The molecule has 0 unspecified atom stereocenters. The van der Waals surface area contributed by atoms with Crippen LogP contribution in [0.25, 0.3) is 0 Å². The summed E-state index contributed by atoms with van der Waals surface area (Å²) in [6.45, 7) is 3.66. The standard InChI is InChI=1S/C17H20F2/c1-2-3-4-5-13-6-8-14(9-7-13)15-10-11-16(18)17(19)12-15/h2-4,10-14H,1,5-9H2/b4-3-. The fourth-order valence-electron chi connectivity index (χ4n) is 2.87. The Kier molecular flexibility index (Phi) is 4.89. The van der Waals surface area contributed by atoms with Crippen LogP contribution in [0.15, 0.2) is 43.0 Å². The number of rotatable bonds is 4. The van der Waals surface area contributed by atoms with Gasteiger partial charge in [0.25, 0.3) is 0 Å². The molecule has 0 saturated heterocycles. The zero-order chi connectivity index (χ0) is 13.7. The van der Waals surface area contributed by atoms with Crippen LogP contribution < -0.4 is 0 Å². The van der Waals surface area contributed by atoms with Crippen molar-refractivity contribution in [3.63, 3.8) is 0 Å². The summed E-state index contributed by atoms with van der Waals surface area (Å²) in [6.07, 6.45) is 11.5.